The van der Waals surface area contributed by atoms with E-state index in [2.05, 4.69) is 16.8 Å². The quantitative estimate of drug-likeness (QED) is 0.427. The standard InChI is InChI=1S/C21H27ClN4O2S/c1-3-13-26-19(14-28-18-11-9-16(22)10-12-18)23-24-21(26)29-15-20(27)25(2)17-7-5-4-6-8-17/h3,9-12,17H,1,4-8,13-15H2,2H3. The molecule has 29 heavy (non-hydrogen) atoms. The summed E-state index contributed by atoms with van der Waals surface area (Å²) in [7, 11) is 1.92. The molecule has 3 rings (SSSR count). The molecule has 8 heteroatoms. The van der Waals surface area contributed by atoms with E-state index in [1.165, 1.54) is 31.0 Å². The highest BCUT2D eigenvalue weighted by Gasteiger charge is 2.23. The second-order valence-corrected chi connectivity index (χ2v) is 8.50. The number of hydrogen-bond donors (Lipinski definition) is 0. The van der Waals surface area contributed by atoms with Gasteiger partial charge in [-0.15, -0.1) is 16.8 Å². The van der Waals surface area contributed by atoms with Crippen LogP contribution in [0.4, 0.5) is 0 Å². The minimum atomic E-state index is 0.133. The van der Waals surface area contributed by atoms with Gasteiger partial charge in [-0.3, -0.25) is 9.36 Å². The maximum Gasteiger partial charge on any atom is 0.233 e. The highest BCUT2D eigenvalue weighted by molar-refractivity contribution is 7.99. The van der Waals surface area contributed by atoms with Gasteiger partial charge in [0.25, 0.3) is 0 Å². The molecular formula is C21H27ClN4O2S. The molecule has 1 aliphatic carbocycles. The average Bonchev–Trinajstić information content (AvgIpc) is 3.13. The maximum atomic E-state index is 12.6. The zero-order valence-electron chi connectivity index (χ0n) is 16.7. The van der Waals surface area contributed by atoms with Crippen molar-refractivity contribution in [2.75, 3.05) is 12.8 Å². The van der Waals surface area contributed by atoms with Crippen LogP contribution in [0, 0.1) is 0 Å². The normalized spacial score (nSPS) is 14.6. The smallest absolute Gasteiger partial charge is 0.233 e. The molecule has 1 fully saturated rings. The molecule has 1 amide bonds. The van der Waals surface area contributed by atoms with Crippen LogP contribution in [-0.2, 0) is 17.9 Å². The Bertz CT molecular complexity index is 819. The Morgan fingerprint density at radius 3 is 2.72 bits per heavy atom. The number of allylic oxidation sites excluding steroid dienone is 1. The lowest BCUT2D eigenvalue weighted by Crippen LogP contribution is -2.39. The Morgan fingerprint density at radius 2 is 2.03 bits per heavy atom. The van der Waals surface area contributed by atoms with E-state index in [4.69, 9.17) is 16.3 Å². The van der Waals surface area contributed by atoms with Crippen molar-refractivity contribution in [2.45, 2.75) is 56.5 Å². The van der Waals surface area contributed by atoms with Gasteiger partial charge in [0, 0.05) is 24.7 Å². The zero-order chi connectivity index (χ0) is 20.6. The van der Waals surface area contributed by atoms with Crippen LogP contribution in [0.15, 0.2) is 42.1 Å². The minimum Gasteiger partial charge on any atom is -0.486 e. The molecule has 0 saturated heterocycles. The second kappa shape index (κ2) is 10.7. The van der Waals surface area contributed by atoms with Gasteiger partial charge in [-0.2, -0.15) is 0 Å². The largest absolute Gasteiger partial charge is 0.486 e. The first-order chi connectivity index (χ1) is 14.1. The summed E-state index contributed by atoms with van der Waals surface area (Å²) in [5, 5.41) is 9.87. The van der Waals surface area contributed by atoms with Crippen LogP contribution >= 0.6 is 23.4 Å². The van der Waals surface area contributed by atoms with Crippen molar-refractivity contribution in [2.24, 2.45) is 0 Å². The Kier molecular flexibility index (Phi) is 8.00. The van der Waals surface area contributed by atoms with Crippen molar-refractivity contribution in [3.63, 3.8) is 0 Å². The van der Waals surface area contributed by atoms with Crippen molar-refractivity contribution in [1.82, 2.24) is 19.7 Å². The fraction of sp³-hybridized carbons (Fsp3) is 0.476. The molecular weight excluding hydrogens is 408 g/mol. The van der Waals surface area contributed by atoms with E-state index < -0.39 is 0 Å². The third kappa shape index (κ3) is 6.00. The summed E-state index contributed by atoms with van der Waals surface area (Å²) in [4.78, 5) is 14.5. The first kappa shape index (κ1) is 21.7. The second-order valence-electron chi connectivity index (χ2n) is 7.13. The highest BCUT2D eigenvalue weighted by atomic mass is 35.5. The number of carbonyl (C=O) groups is 1. The molecule has 0 aliphatic heterocycles. The van der Waals surface area contributed by atoms with Crippen LogP contribution in [0.2, 0.25) is 5.02 Å². The molecule has 1 aromatic heterocycles. The monoisotopic (exact) mass is 434 g/mol. The number of hydrogen-bond acceptors (Lipinski definition) is 5. The Labute approximate surface area is 181 Å². The molecule has 0 atom stereocenters. The summed E-state index contributed by atoms with van der Waals surface area (Å²) in [5.74, 6) is 1.88. The lowest BCUT2D eigenvalue weighted by molar-refractivity contribution is -0.129. The highest BCUT2D eigenvalue weighted by Crippen LogP contribution is 2.24. The molecule has 6 nitrogen and oxygen atoms in total. The van der Waals surface area contributed by atoms with Gasteiger partial charge in [0.05, 0.1) is 5.75 Å². The number of carbonyl (C=O) groups excluding carboxylic acids is 1. The molecule has 0 unspecified atom stereocenters. The number of benzene rings is 1. The van der Waals surface area contributed by atoms with Crippen LogP contribution in [-0.4, -0.2) is 44.4 Å². The van der Waals surface area contributed by atoms with Gasteiger partial charge < -0.3 is 9.64 Å². The SMILES string of the molecule is C=CCn1c(COc2ccc(Cl)cc2)nnc1SCC(=O)N(C)C1CCCCC1. The first-order valence-corrected chi connectivity index (χ1v) is 11.2. The first-order valence-electron chi connectivity index (χ1n) is 9.88. The summed E-state index contributed by atoms with van der Waals surface area (Å²) < 4.78 is 7.72. The van der Waals surface area contributed by atoms with E-state index in [1.807, 2.05) is 28.6 Å². The van der Waals surface area contributed by atoms with Gasteiger partial charge in [-0.25, -0.2) is 0 Å². The van der Waals surface area contributed by atoms with Gasteiger partial charge in [0.2, 0.25) is 5.91 Å². The molecule has 1 heterocycles. The van der Waals surface area contributed by atoms with E-state index in [1.54, 1.807) is 18.2 Å². The van der Waals surface area contributed by atoms with Crippen LogP contribution in [0.3, 0.4) is 0 Å². The molecule has 2 aromatic rings. The number of ether oxygens (including phenoxy) is 1. The van der Waals surface area contributed by atoms with E-state index in [-0.39, 0.29) is 12.5 Å². The summed E-state index contributed by atoms with van der Waals surface area (Å²) in [6.07, 6.45) is 7.69. The zero-order valence-corrected chi connectivity index (χ0v) is 18.3. The Morgan fingerprint density at radius 1 is 1.31 bits per heavy atom. The fourth-order valence-electron chi connectivity index (χ4n) is 3.42. The summed E-state index contributed by atoms with van der Waals surface area (Å²) in [6, 6.07) is 7.55. The van der Waals surface area contributed by atoms with Gasteiger partial charge in [0.1, 0.15) is 12.4 Å². The van der Waals surface area contributed by atoms with Gasteiger partial charge in [-0.05, 0) is 37.1 Å². The number of halogens is 1. The molecule has 0 spiro atoms. The molecule has 0 N–H and O–H groups in total. The molecule has 156 valence electrons. The third-order valence-corrected chi connectivity index (χ3v) is 6.33. The van der Waals surface area contributed by atoms with Crippen molar-refractivity contribution in [3.05, 3.63) is 47.8 Å². The number of nitrogens with zero attached hydrogens (tertiary/aromatic N) is 4. The molecule has 1 aliphatic rings. The maximum absolute atomic E-state index is 12.6. The molecule has 1 aromatic carbocycles. The van der Waals surface area contributed by atoms with Gasteiger partial charge in [0.15, 0.2) is 11.0 Å². The molecule has 0 radical (unpaired) electrons. The van der Waals surface area contributed by atoms with Crippen molar-refractivity contribution < 1.29 is 9.53 Å². The van der Waals surface area contributed by atoms with Crippen LogP contribution < -0.4 is 4.74 Å². The van der Waals surface area contributed by atoms with E-state index >= 15 is 0 Å². The number of aromatic nitrogens is 3. The Hall–Kier alpha value is -1.99. The minimum absolute atomic E-state index is 0.133. The van der Waals surface area contributed by atoms with Crippen LogP contribution in [0.5, 0.6) is 5.75 Å². The average molecular weight is 435 g/mol. The predicted octanol–water partition coefficient (Wildman–Crippen LogP) is 4.58. The lowest BCUT2D eigenvalue weighted by Gasteiger charge is -2.31. The number of amides is 1. The van der Waals surface area contributed by atoms with E-state index in [0.717, 1.165) is 12.8 Å². The summed E-state index contributed by atoms with van der Waals surface area (Å²) in [5.41, 5.74) is 0. The number of rotatable bonds is 9. The van der Waals surface area contributed by atoms with Gasteiger partial charge in [-0.1, -0.05) is 48.7 Å². The van der Waals surface area contributed by atoms with Crippen LogP contribution in [0.1, 0.15) is 37.9 Å². The molecule has 1 saturated carbocycles. The van der Waals surface area contributed by atoms with E-state index in [9.17, 15) is 4.79 Å². The van der Waals surface area contributed by atoms with E-state index in [0.29, 0.717) is 40.1 Å². The topological polar surface area (TPSA) is 60.2 Å². The third-order valence-electron chi connectivity index (χ3n) is 5.13. The van der Waals surface area contributed by atoms with Crippen molar-refractivity contribution >= 4 is 29.3 Å². The number of thioether (sulfide) groups is 1. The van der Waals surface area contributed by atoms with Crippen molar-refractivity contribution in [3.8, 4) is 5.75 Å². The van der Waals surface area contributed by atoms with Gasteiger partial charge >= 0.3 is 0 Å². The fourth-order valence-corrected chi connectivity index (χ4v) is 4.44. The predicted molar refractivity (Wildman–Crippen MR) is 116 cm³/mol. The van der Waals surface area contributed by atoms with Crippen molar-refractivity contribution in [1.29, 1.82) is 0 Å². The summed E-state index contributed by atoms with van der Waals surface area (Å²) in [6.45, 7) is 4.65. The van der Waals surface area contributed by atoms with Crippen LogP contribution in [0.25, 0.3) is 0 Å². The lowest BCUT2D eigenvalue weighted by atomic mass is 9.94. The summed E-state index contributed by atoms with van der Waals surface area (Å²) >= 11 is 7.31. The molecule has 0 bridgehead atoms. The Balaban J connectivity index is 1.59.